The number of carbonyl (C=O) groups is 3. The Morgan fingerprint density at radius 3 is 2.19 bits per heavy atom. The maximum atomic E-state index is 13.8. The molecule has 5 aromatic carbocycles. The minimum Gasteiger partial charge on any atom is -0.493 e. The zero-order valence-corrected chi connectivity index (χ0v) is 32.0. The molecule has 1 unspecified atom stereocenters. The number of ether oxygens (including phenoxy) is 2. The summed E-state index contributed by atoms with van der Waals surface area (Å²) in [4.78, 5) is 45.9. The van der Waals surface area contributed by atoms with Gasteiger partial charge >= 0.3 is 0 Å². The highest BCUT2D eigenvalue weighted by molar-refractivity contribution is 8.00. The van der Waals surface area contributed by atoms with Gasteiger partial charge in [-0.25, -0.2) is 4.98 Å². The van der Waals surface area contributed by atoms with E-state index in [-0.39, 0.29) is 11.6 Å². The van der Waals surface area contributed by atoms with Crippen LogP contribution in [0, 0.1) is 0 Å². The van der Waals surface area contributed by atoms with Crippen LogP contribution in [0.1, 0.15) is 26.7 Å². The second kappa shape index (κ2) is 18.0. The first-order valence-corrected chi connectivity index (χ1v) is 18.9. The standard InChI is InChI=1S/C41H32Cl2N4O5S2/c1-51-35-20-13-25(22-36(35)52-2)21-33(45-38(48)27-11-7-4-8-12-27)39(49)44-29-15-17-30(18-16-29)54-37(26-9-5-3-6-10-26)40(50)47-41-46-34(24-53-41)31-19-14-28(42)23-32(31)43/h3-24,37H,1-2H3,(H,44,49)(H,45,48)(H,46,47,50)/b33-21-. The summed E-state index contributed by atoms with van der Waals surface area (Å²) in [6.07, 6.45) is 1.56. The molecule has 0 bridgehead atoms. The highest BCUT2D eigenvalue weighted by Crippen LogP contribution is 2.38. The molecule has 6 aromatic rings. The second-order valence-corrected chi connectivity index (χ2v) is 14.4. The molecule has 0 spiro atoms. The average molecular weight is 796 g/mol. The summed E-state index contributed by atoms with van der Waals surface area (Å²) in [5.74, 6) is -0.257. The number of benzene rings is 5. The zero-order chi connectivity index (χ0) is 38.0. The lowest BCUT2D eigenvalue weighted by molar-refractivity contribution is -0.116. The molecule has 0 radical (unpaired) electrons. The summed E-state index contributed by atoms with van der Waals surface area (Å²) in [6.45, 7) is 0. The van der Waals surface area contributed by atoms with Gasteiger partial charge in [0.25, 0.3) is 11.8 Å². The molecule has 0 aliphatic carbocycles. The highest BCUT2D eigenvalue weighted by Gasteiger charge is 2.24. The number of hydrogen-bond donors (Lipinski definition) is 3. The van der Waals surface area contributed by atoms with Crippen molar-refractivity contribution in [3.63, 3.8) is 0 Å². The lowest BCUT2D eigenvalue weighted by atomic mass is 10.1. The number of nitrogens with zero attached hydrogens (tertiary/aromatic N) is 1. The van der Waals surface area contributed by atoms with Gasteiger partial charge in [0.2, 0.25) is 5.91 Å². The molecule has 6 rings (SSSR count). The third kappa shape index (κ3) is 9.68. The Hall–Kier alpha value is -5.59. The third-order valence-corrected chi connectivity index (χ3v) is 10.5. The Kier molecular flexibility index (Phi) is 12.7. The van der Waals surface area contributed by atoms with Crippen LogP contribution in [0.15, 0.2) is 137 Å². The number of amides is 3. The van der Waals surface area contributed by atoms with E-state index in [1.54, 1.807) is 84.9 Å². The van der Waals surface area contributed by atoms with Gasteiger partial charge in [0.15, 0.2) is 16.6 Å². The van der Waals surface area contributed by atoms with Gasteiger partial charge in [-0.1, -0.05) is 77.8 Å². The van der Waals surface area contributed by atoms with E-state index in [1.807, 2.05) is 47.8 Å². The molecule has 0 fully saturated rings. The molecule has 3 N–H and O–H groups in total. The summed E-state index contributed by atoms with van der Waals surface area (Å²) in [5, 5.41) is 11.2. The van der Waals surface area contributed by atoms with Crippen LogP contribution in [-0.2, 0) is 9.59 Å². The van der Waals surface area contributed by atoms with Crippen molar-refractivity contribution in [1.29, 1.82) is 0 Å². The minimum atomic E-state index is -0.623. The number of halogens is 2. The van der Waals surface area contributed by atoms with Crippen molar-refractivity contribution in [2.75, 3.05) is 24.9 Å². The van der Waals surface area contributed by atoms with Crippen LogP contribution in [-0.4, -0.2) is 36.9 Å². The topological polar surface area (TPSA) is 119 Å². The number of thioether (sulfide) groups is 1. The normalized spacial score (nSPS) is 11.7. The second-order valence-electron chi connectivity index (χ2n) is 11.5. The maximum Gasteiger partial charge on any atom is 0.272 e. The van der Waals surface area contributed by atoms with Gasteiger partial charge in [-0.15, -0.1) is 23.1 Å². The van der Waals surface area contributed by atoms with Crippen LogP contribution in [0.2, 0.25) is 10.0 Å². The Balaban J connectivity index is 1.19. The quantitative estimate of drug-likeness (QED) is 0.0787. The fraction of sp³-hybridized carbons (Fsp3) is 0.0732. The van der Waals surface area contributed by atoms with Crippen molar-refractivity contribution in [2.45, 2.75) is 10.1 Å². The molecular formula is C41H32Cl2N4O5S2. The fourth-order valence-corrected chi connectivity index (χ4v) is 7.47. The van der Waals surface area contributed by atoms with Gasteiger partial charge in [0.05, 0.1) is 24.9 Å². The number of carbonyl (C=O) groups excluding carboxylic acids is 3. The van der Waals surface area contributed by atoms with E-state index in [9.17, 15) is 14.4 Å². The number of nitrogens with one attached hydrogen (secondary N) is 3. The van der Waals surface area contributed by atoms with Crippen molar-refractivity contribution in [2.24, 2.45) is 0 Å². The van der Waals surface area contributed by atoms with Gasteiger partial charge in [-0.05, 0) is 83.9 Å². The van der Waals surface area contributed by atoms with E-state index in [0.29, 0.717) is 54.7 Å². The van der Waals surface area contributed by atoms with Gasteiger partial charge in [-0.3, -0.25) is 14.4 Å². The first-order chi connectivity index (χ1) is 26.2. The van der Waals surface area contributed by atoms with Gasteiger partial charge < -0.3 is 25.4 Å². The van der Waals surface area contributed by atoms with Crippen LogP contribution in [0.5, 0.6) is 11.5 Å². The molecular weight excluding hydrogens is 764 g/mol. The monoisotopic (exact) mass is 794 g/mol. The lowest BCUT2D eigenvalue weighted by Crippen LogP contribution is -2.30. The van der Waals surface area contributed by atoms with Crippen LogP contribution < -0.4 is 25.4 Å². The molecule has 1 heterocycles. The molecule has 0 saturated heterocycles. The zero-order valence-electron chi connectivity index (χ0n) is 28.8. The Labute approximate surface area is 330 Å². The molecule has 1 aromatic heterocycles. The maximum absolute atomic E-state index is 13.8. The Morgan fingerprint density at radius 2 is 1.50 bits per heavy atom. The van der Waals surface area contributed by atoms with Gasteiger partial charge in [0.1, 0.15) is 10.9 Å². The summed E-state index contributed by atoms with van der Waals surface area (Å²) in [7, 11) is 3.05. The molecule has 0 aliphatic heterocycles. The number of rotatable bonds is 13. The van der Waals surface area contributed by atoms with E-state index in [1.165, 1.54) is 37.3 Å². The molecule has 3 amide bonds. The van der Waals surface area contributed by atoms with Crippen LogP contribution in [0.3, 0.4) is 0 Å². The summed E-state index contributed by atoms with van der Waals surface area (Å²) in [5.41, 5.74) is 3.62. The fourth-order valence-electron chi connectivity index (χ4n) is 5.23. The van der Waals surface area contributed by atoms with Crippen molar-refractivity contribution >= 4 is 80.9 Å². The molecule has 0 aliphatic rings. The minimum absolute atomic E-state index is 0.0130. The van der Waals surface area contributed by atoms with Crippen LogP contribution >= 0.6 is 46.3 Å². The molecule has 9 nitrogen and oxygen atoms in total. The third-order valence-electron chi connectivity index (χ3n) is 7.90. The average Bonchev–Trinajstić information content (AvgIpc) is 3.65. The van der Waals surface area contributed by atoms with Crippen molar-refractivity contribution in [3.05, 3.63) is 159 Å². The highest BCUT2D eigenvalue weighted by atomic mass is 35.5. The van der Waals surface area contributed by atoms with E-state index < -0.39 is 17.1 Å². The number of thiazole rings is 1. The molecule has 54 heavy (non-hydrogen) atoms. The van der Waals surface area contributed by atoms with E-state index in [2.05, 4.69) is 20.9 Å². The molecule has 13 heteroatoms. The SMILES string of the molecule is COc1ccc(/C=C(\NC(=O)c2ccccc2)C(=O)Nc2ccc(SC(C(=O)Nc3nc(-c4ccc(Cl)cc4Cl)cs3)c3ccccc3)cc2)cc1OC. The van der Waals surface area contributed by atoms with Crippen molar-refractivity contribution in [3.8, 4) is 22.8 Å². The lowest BCUT2D eigenvalue weighted by Gasteiger charge is -2.17. The Bertz CT molecular complexity index is 2300. The van der Waals surface area contributed by atoms with Gasteiger partial charge in [0, 0.05) is 32.1 Å². The first-order valence-electron chi connectivity index (χ1n) is 16.4. The molecule has 0 saturated carbocycles. The first kappa shape index (κ1) is 38.1. The van der Waals surface area contributed by atoms with Crippen molar-refractivity contribution in [1.82, 2.24) is 10.3 Å². The van der Waals surface area contributed by atoms with Gasteiger partial charge in [-0.2, -0.15) is 0 Å². The van der Waals surface area contributed by atoms with Crippen LogP contribution in [0.4, 0.5) is 10.8 Å². The predicted molar refractivity (Wildman–Crippen MR) is 218 cm³/mol. The van der Waals surface area contributed by atoms with E-state index in [0.717, 1.165) is 10.5 Å². The largest absolute Gasteiger partial charge is 0.493 e. The Morgan fingerprint density at radius 1 is 0.796 bits per heavy atom. The predicted octanol–water partition coefficient (Wildman–Crippen LogP) is 10.0. The number of hydrogen-bond acceptors (Lipinski definition) is 8. The summed E-state index contributed by atoms with van der Waals surface area (Å²) < 4.78 is 10.8. The smallest absolute Gasteiger partial charge is 0.272 e. The van der Waals surface area contributed by atoms with E-state index >= 15 is 0 Å². The summed E-state index contributed by atoms with van der Waals surface area (Å²) in [6, 6.07) is 35.5. The summed E-state index contributed by atoms with van der Waals surface area (Å²) >= 11 is 15.1. The number of anilines is 2. The number of aromatic nitrogens is 1. The molecule has 1 atom stereocenters. The van der Waals surface area contributed by atoms with E-state index in [4.69, 9.17) is 32.7 Å². The van der Waals surface area contributed by atoms with Crippen molar-refractivity contribution < 1.29 is 23.9 Å². The number of methoxy groups -OCH3 is 2. The molecule has 272 valence electrons. The van der Waals surface area contributed by atoms with Crippen LogP contribution in [0.25, 0.3) is 17.3 Å².